The van der Waals surface area contributed by atoms with E-state index in [9.17, 15) is 22.8 Å². The smallest absolute Gasteiger partial charge is 0.406 e. The Bertz CT molecular complexity index is 926. The molecule has 2 fully saturated rings. The molecule has 1 N–H and O–H groups in total. The number of halogens is 3. The molecule has 2 aromatic rings. The Kier molecular flexibility index (Phi) is 4.09. The predicted molar refractivity (Wildman–Crippen MR) is 89.8 cm³/mol. The van der Waals surface area contributed by atoms with Crippen LogP contribution in [0.15, 0.2) is 35.1 Å². The highest BCUT2D eigenvalue weighted by molar-refractivity contribution is 5.95. The standard InChI is InChI=1S/C19H17F3N2O3/c20-19(21,22)27-13-5-3-12(4-6-13)18(7-8-18)10-15(25)14-9-16(26)24-17(23-14)11-1-2-11/h3-6,9,11H,1-2,7-8,10H2,(H,23,24,26). The van der Waals surface area contributed by atoms with E-state index in [1.54, 1.807) is 12.1 Å². The number of ether oxygens (including phenoxy) is 1. The van der Waals surface area contributed by atoms with Gasteiger partial charge in [-0.3, -0.25) is 9.59 Å². The first-order valence-electron chi connectivity index (χ1n) is 8.75. The first-order chi connectivity index (χ1) is 12.7. The molecule has 27 heavy (non-hydrogen) atoms. The molecule has 142 valence electrons. The molecular weight excluding hydrogens is 361 g/mol. The van der Waals surface area contributed by atoms with E-state index in [1.807, 2.05) is 0 Å². The molecule has 2 saturated carbocycles. The molecule has 5 nitrogen and oxygen atoms in total. The van der Waals surface area contributed by atoms with Crippen LogP contribution in [0.2, 0.25) is 0 Å². The Morgan fingerprint density at radius 3 is 2.44 bits per heavy atom. The number of hydrogen-bond donors (Lipinski definition) is 1. The molecule has 1 heterocycles. The van der Waals surface area contributed by atoms with E-state index in [0.29, 0.717) is 5.82 Å². The van der Waals surface area contributed by atoms with E-state index in [1.165, 1.54) is 18.2 Å². The number of H-pyrrole nitrogens is 1. The summed E-state index contributed by atoms with van der Waals surface area (Å²) in [6.45, 7) is 0. The summed E-state index contributed by atoms with van der Waals surface area (Å²) in [5, 5.41) is 0. The Balaban J connectivity index is 1.50. The lowest BCUT2D eigenvalue weighted by Crippen LogP contribution is -2.20. The second kappa shape index (κ2) is 6.21. The zero-order valence-corrected chi connectivity index (χ0v) is 14.3. The minimum atomic E-state index is -4.74. The number of rotatable bonds is 6. The Morgan fingerprint density at radius 2 is 1.89 bits per heavy atom. The van der Waals surface area contributed by atoms with E-state index < -0.39 is 11.8 Å². The van der Waals surface area contributed by atoms with Gasteiger partial charge in [0.05, 0.1) is 0 Å². The second-order valence-corrected chi connectivity index (χ2v) is 7.24. The number of carbonyl (C=O) groups is 1. The third kappa shape index (κ3) is 4.04. The van der Waals surface area contributed by atoms with E-state index in [-0.39, 0.29) is 35.1 Å². The van der Waals surface area contributed by atoms with Crippen LogP contribution in [-0.2, 0) is 5.41 Å². The minimum Gasteiger partial charge on any atom is -0.406 e. The van der Waals surface area contributed by atoms with Crippen LogP contribution < -0.4 is 10.3 Å². The molecule has 0 radical (unpaired) electrons. The highest BCUT2D eigenvalue weighted by atomic mass is 19.4. The normalized spacial score (nSPS) is 18.2. The molecule has 0 spiro atoms. The van der Waals surface area contributed by atoms with Crippen LogP contribution in [-0.4, -0.2) is 22.1 Å². The van der Waals surface area contributed by atoms with Gasteiger partial charge in [-0.25, -0.2) is 4.98 Å². The van der Waals surface area contributed by atoms with Crippen molar-refractivity contribution in [2.45, 2.75) is 49.8 Å². The summed E-state index contributed by atoms with van der Waals surface area (Å²) in [5.41, 5.74) is 0.202. The number of benzene rings is 1. The largest absolute Gasteiger partial charge is 0.573 e. The minimum absolute atomic E-state index is 0.156. The molecule has 0 unspecified atom stereocenters. The van der Waals surface area contributed by atoms with Crippen molar-refractivity contribution in [3.05, 3.63) is 57.8 Å². The first kappa shape index (κ1) is 17.8. The fourth-order valence-corrected chi connectivity index (χ4v) is 3.30. The monoisotopic (exact) mass is 378 g/mol. The third-order valence-electron chi connectivity index (χ3n) is 5.06. The fourth-order valence-electron chi connectivity index (χ4n) is 3.30. The van der Waals surface area contributed by atoms with Crippen LogP contribution >= 0.6 is 0 Å². The zero-order chi connectivity index (χ0) is 19.2. The van der Waals surface area contributed by atoms with Gasteiger partial charge in [-0.15, -0.1) is 13.2 Å². The summed E-state index contributed by atoms with van der Waals surface area (Å²) in [7, 11) is 0. The number of nitrogens with one attached hydrogen (secondary N) is 1. The first-order valence-corrected chi connectivity index (χ1v) is 8.75. The van der Waals surface area contributed by atoms with Crippen molar-refractivity contribution in [2.24, 2.45) is 0 Å². The van der Waals surface area contributed by atoms with Gasteiger partial charge in [0, 0.05) is 23.8 Å². The number of aromatic amines is 1. The van der Waals surface area contributed by atoms with Gasteiger partial charge in [0.15, 0.2) is 5.78 Å². The lowest BCUT2D eigenvalue weighted by atomic mass is 9.89. The molecule has 8 heteroatoms. The van der Waals surface area contributed by atoms with Crippen LogP contribution in [0.25, 0.3) is 0 Å². The van der Waals surface area contributed by atoms with Crippen molar-refractivity contribution in [3.8, 4) is 5.75 Å². The molecule has 0 saturated heterocycles. The molecule has 0 bridgehead atoms. The van der Waals surface area contributed by atoms with Gasteiger partial charge in [-0.2, -0.15) is 0 Å². The molecule has 0 amide bonds. The zero-order valence-electron chi connectivity index (χ0n) is 14.3. The Hall–Kier alpha value is -2.64. The average molecular weight is 378 g/mol. The topological polar surface area (TPSA) is 72.1 Å². The third-order valence-corrected chi connectivity index (χ3v) is 5.06. The average Bonchev–Trinajstić information content (AvgIpc) is 3.48. The molecular formula is C19H17F3N2O3. The number of ketones is 1. The molecule has 0 atom stereocenters. The lowest BCUT2D eigenvalue weighted by Gasteiger charge is -2.16. The van der Waals surface area contributed by atoms with Crippen LogP contribution in [0.3, 0.4) is 0 Å². The van der Waals surface area contributed by atoms with Gasteiger partial charge in [0.25, 0.3) is 5.56 Å². The van der Waals surface area contributed by atoms with E-state index in [0.717, 1.165) is 31.2 Å². The summed E-state index contributed by atoms with van der Waals surface area (Å²) in [6.07, 6.45) is -1.13. The Morgan fingerprint density at radius 1 is 1.22 bits per heavy atom. The molecule has 0 aliphatic heterocycles. The predicted octanol–water partition coefficient (Wildman–Crippen LogP) is 3.85. The van der Waals surface area contributed by atoms with Crippen molar-refractivity contribution in [2.75, 3.05) is 0 Å². The van der Waals surface area contributed by atoms with Crippen LogP contribution in [0.1, 0.15) is 59.9 Å². The van der Waals surface area contributed by atoms with Gasteiger partial charge in [-0.05, 0) is 43.4 Å². The molecule has 4 rings (SSSR count). The van der Waals surface area contributed by atoms with Crippen molar-refractivity contribution in [1.29, 1.82) is 0 Å². The van der Waals surface area contributed by atoms with Crippen LogP contribution in [0.5, 0.6) is 5.75 Å². The van der Waals surface area contributed by atoms with Crippen molar-refractivity contribution in [3.63, 3.8) is 0 Å². The number of carbonyl (C=O) groups excluding carboxylic acids is 1. The summed E-state index contributed by atoms with van der Waals surface area (Å²) < 4.78 is 40.7. The molecule has 1 aromatic carbocycles. The van der Waals surface area contributed by atoms with Gasteiger partial charge in [-0.1, -0.05) is 12.1 Å². The number of aromatic nitrogens is 2. The fraction of sp³-hybridized carbons (Fsp3) is 0.421. The van der Waals surface area contributed by atoms with Gasteiger partial charge in [0.1, 0.15) is 17.3 Å². The van der Waals surface area contributed by atoms with Gasteiger partial charge in [0.2, 0.25) is 0 Å². The van der Waals surface area contributed by atoms with Crippen molar-refractivity contribution >= 4 is 5.78 Å². The second-order valence-electron chi connectivity index (χ2n) is 7.24. The molecule has 1 aromatic heterocycles. The molecule has 2 aliphatic rings. The number of Topliss-reactive ketones (excluding diaryl/α,β-unsaturated/α-hetero) is 1. The van der Waals surface area contributed by atoms with Crippen molar-refractivity contribution < 1.29 is 22.7 Å². The number of hydrogen-bond acceptors (Lipinski definition) is 4. The lowest BCUT2D eigenvalue weighted by molar-refractivity contribution is -0.274. The number of nitrogens with zero attached hydrogens (tertiary/aromatic N) is 1. The summed E-state index contributed by atoms with van der Waals surface area (Å²) >= 11 is 0. The quantitative estimate of drug-likeness (QED) is 0.775. The van der Waals surface area contributed by atoms with E-state index in [2.05, 4.69) is 14.7 Å². The maximum absolute atomic E-state index is 12.7. The highest BCUT2D eigenvalue weighted by Crippen LogP contribution is 2.51. The van der Waals surface area contributed by atoms with E-state index in [4.69, 9.17) is 0 Å². The number of alkyl halides is 3. The Labute approximate surface area is 152 Å². The maximum atomic E-state index is 12.7. The van der Waals surface area contributed by atoms with Crippen LogP contribution in [0, 0.1) is 0 Å². The van der Waals surface area contributed by atoms with Gasteiger partial charge >= 0.3 is 6.36 Å². The summed E-state index contributed by atoms with van der Waals surface area (Å²) in [6, 6.07) is 6.84. The van der Waals surface area contributed by atoms with E-state index >= 15 is 0 Å². The van der Waals surface area contributed by atoms with Crippen molar-refractivity contribution in [1.82, 2.24) is 9.97 Å². The van der Waals surface area contributed by atoms with Gasteiger partial charge < -0.3 is 9.72 Å². The molecule has 2 aliphatic carbocycles. The highest BCUT2D eigenvalue weighted by Gasteiger charge is 2.46. The maximum Gasteiger partial charge on any atom is 0.573 e. The van der Waals surface area contributed by atoms with Crippen LogP contribution in [0.4, 0.5) is 13.2 Å². The summed E-state index contributed by atoms with van der Waals surface area (Å²) in [4.78, 5) is 31.5. The SMILES string of the molecule is O=C(CC1(c2ccc(OC(F)(F)F)cc2)CC1)c1cc(=O)[nH]c(C2CC2)n1. The summed E-state index contributed by atoms with van der Waals surface area (Å²) in [5.74, 6) is 0.265.